The van der Waals surface area contributed by atoms with Crippen molar-refractivity contribution in [3.8, 4) is 5.75 Å². The predicted octanol–water partition coefficient (Wildman–Crippen LogP) is 12.5. The minimum atomic E-state index is -4.20. The number of aromatic hydroxyl groups is 1. The van der Waals surface area contributed by atoms with Crippen LogP contribution in [0.1, 0.15) is 82.9 Å². The molecule has 0 fully saturated rings. The fraction of sp³-hybridized carbons (Fsp3) is 0.222. The third-order valence-corrected chi connectivity index (χ3v) is 27.6. The van der Waals surface area contributed by atoms with Crippen molar-refractivity contribution in [1.82, 2.24) is 0 Å². The molecule has 0 saturated heterocycles. The van der Waals surface area contributed by atoms with Crippen LogP contribution in [0.15, 0.2) is 144 Å². The van der Waals surface area contributed by atoms with E-state index in [2.05, 4.69) is 44.4 Å². The first kappa shape index (κ1) is 131. The van der Waals surface area contributed by atoms with Crippen LogP contribution in [-0.2, 0) is 119 Å². The highest BCUT2D eigenvalue weighted by Crippen LogP contribution is 2.28. The van der Waals surface area contributed by atoms with E-state index in [-0.39, 0.29) is 72.7 Å². The van der Waals surface area contributed by atoms with Crippen LogP contribution in [0.5, 0.6) is 5.75 Å². The monoisotopic (exact) mass is 3200 g/mol. The number of ether oxygens (including phenoxy) is 8. The summed E-state index contributed by atoms with van der Waals surface area (Å²) >= 11 is 32.4. The second-order valence-electron chi connectivity index (χ2n) is 24.7. The first-order valence-electron chi connectivity index (χ1n) is 35.3. The third kappa shape index (κ3) is 60.3. The van der Waals surface area contributed by atoms with Gasteiger partial charge in [0, 0.05) is 38.7 Å². The van der Waals surface area contributed by atoms with Crippen LogP contribution in [0, 0.1) is 43.8 Å². The number of hydrogen-bond acceptors (Lipinski definition) is 35. The van der Waals surface area contributed by atoms with Crippen LogP contribution >= 0.6 is 242 Å². The number of phenolic OH excluding ortho intramolecular Hbond substituents is 1. The summed E-state index contributed by atoms with van der Waals surface area (Å²) in [4.78, 5) is 91.9. The van der Waals surface area contributed by atoms with E-state index in [0.717, 1.165) is 30.0 Å². The van der Waals surface area contributed by atoms with E-state index in [1.807, 2.05) is 181 Å². The molecule has 0 unspecified atom stereocenters. The molecule has 137 heavy (non-hydrogen) atoms. The first-order valence-corrected chi connectivity index (χ1v) is 59.4. The minimum Gasteiger partial charge on any atom is -0.507 e. The second kappa shape index (κ2) is 62.5. The number of nitrogen functional groups attached to an aromatic ring is 2. The average molecular weight is 3200 g/mol. The van der Waals surface area contributed by atoms with Gasteiger partial charge in [0.1, 0.15) is 122 Å². The number of nitrogens with two attached hydrogens (primary N) is 2. The van der Waals surface area contributed by atoms with Gasteiger partial charge in [0.15, 0.2) is 0 Å². The fourth-order valence-electron chi connectivity index (χ4n) is 7.95. The lowest BCUT2D eigenvalue weighted by Gasteiger charge is -2.08. The van der Waals surface area contributed by atoms with E-state index >= 15 is 0 Å². The second-order valence-corrected chi connectivity index (χ2v) is 49.9. The van der Waals surface area contributed by atoms with E-state index in [1.165, 1.54) is 60.7 Å². The molecule has 0 aliphatic rings. The highest BCUT2D eigenvalue weighted by molar-refractivity contribution is 14.1. The Bertz CT molecular complexity index is 6230. The lowest BCUT2D eigenvalue weighted by molar-refractivity contribution is 0.0511. The van der Waals surface area contributed by atoms with Crippen molar-refractivity contribution >= 4 is 383 Å². The van der Waals surface area contributed by atoms with Crippen molar-refractivity contribution in [2.45, 2.75) is 0 Å². The Morgan fingerprint density at radius 2 is 0.613 bits per heavy atom. The number of esters is 8. The van der Waals surface area contributed by atoms with E-state index in [0.29, 0.717) is 24.3 Å². The zero-order valence-corrected chi connectivity index (χ0v) is 96.9. The summed E-state index contributed by atoms with van der Waals surface area (Å²) in [5.74, 6) is -13.0. The van der Waals surface area contributed by atoms with Crippen molar-refractivity contribution < 1.29 is 194 Å². The number of benzene rings is 8. The maximum absolute atomic E-state index is 13.3. The van der Waals surface area contributed by atoms with Gasteiger partial charge in [-0.1, -0.05) is 29.3 Å². The zero-order chi connectivity index (χ0) is 105. The summed E-state index contributed by atoms with van der Waals surface area (Å²) in [7, 11) is -33.2. The summed E-state index contributed by atoms with van der Waals surface area (Å²) in [6, 6.07) is 34.9. The summed E-state index contributed by atoms with van der Waals surface area (Å²) < 4.78 is 305. The maximum atomic E-state index is 13.3. The van der Waals surface area contributed by atoms with Crippen LogP contribution in [0.25, 0.3) is 0 Å². The number of phenols is 1. The topological polar surface area (TPSA) is 718 Å². The fourth-order valence-corrected chi connectivity index (χ4v) is 16.7. The predicted molar refractivity (Wildman–Crippen MR) is 568 cm³/mol. The maximum Gasteiger partial charge on any atom is 0.342 e. The molecule has 0 aromatic heterocycles. The van der Waals surface area contributed by atoms with Gasteiger partial charge in [-0.2, -0.15) is 67.3 Å². The standard InChI is InChI=1S/C9H8BrIO5S.2C9H8ClIO5S.2C9H8FIO5S.C9H9I2NO5S.C9H10INO5S.C9H9IO6S/c2*10-8-2-1-6(11)5-7(8)9(12)16-3-4-17(13,14)15;10-8-5-6(11)1-2-7(8)9(12)16-3-4-17(13,14)15;10-8-2-1-6(11)5-7(8)9(12)16-3-4-17(13,14)15;10-6-2-1-3-7(11)8(6)9(12)16-4-5-17(13,14)15;10-5-3-6(8(12)7(11)4-5)9(13)17-1-2-18(14,15)16;10-6-1-2-8(11)7(5-6)9(12)16-3-4-17(13,14)15;10-7-2-1-6(5-8(7)11)9(12)16-3-4-17(13,14)15/h4*1-2,5H,3-4H2,(H,13,14,15);1-3H,4-5H2,(H,13,14,15);3-4H,1-2,12H2,(H,14,15,16);1-2,5H,3-4,11H2,(H,13,14,15);1-2,5,11H,3-4H2,(H,13,14,15). The van der Waals surface area contributed by atoms with Crippen LogP contribution in [0.3, 0.4) is 0 Å². The lowest BCUT2D eigenvalue weighted by atomic mass is 10.2. The molecule has 0 bridgehead atoms. The van der Waals surface area contributed by atoms with Gasteiger partial charge in [-0.3, -0.25) is 36.4 Å². The Balaban J connectivity index is 0.000000783. The molecular formula is C72H68BrCl2F2I9N2O41S8. The molecule has 0 aliphatic carbocycles. The van der Waals surface area contributed by atoms with Gasteiger partial charge in [0.2, 0.25) is 0 Å². The van der Waals surface area contributed by atoms with Crippen molar-refractivity contribution in [2.24, 2.45) is 0 Å². The highest BCUT2D eigenvalue weighted by Gasteiger charge is 2.24. The molecule has 8 rings (SSSR count). The normalized spacial score (nSPS) is 11.2. The molecule has 65 heteroatoms. The van der Waals surface area contributed by atoms with E-state index in [1.54, 1.807) is 89.3 Å². The summed E-state index contributed by atoms with van der Waals surface area (Å²) in [5, 5.41) is 9.81. The average Bonchev–Trinajstić information content (AvgIpc) is 0.828. The highest BCUT2D eigenvalue weighted by atomic mass is 127. The molecule has 13 N–H and O–H groups in total. The first-order chi connectivity index (χ1) is 62.8. The molecule has 0 radical (unpaired) electrons. The largest absolute Gasteiger partial charge is 0.507 e. The van der Waals surface area contributed by atoms with Crippen molar-refractivity contribution in [2.75, 3.05) is 110 Å². The van der Waals surface area contributed by atoms with Crippen molar-refractivity contribution in [3.05, 3.63) is 242 Å². The van der Waals surface area contributed by atoms with Crippen LogP contribution in [0.4, 0.5) is 20.2 Å². The number of anilines is 2. The van der Waals surface area contributed by atoms with Crippen LogP contribution in [0.2, 0.25) is 10.0 Å². The minimum absolute atomic E-state index is 0.0603. The SMILES string of the molecule is Nc1c(I)cc(I)cc1C(=O)OCCS(=O)(=O)O.Nc1ccc(I)cc1C(=O)OCCS(=O)(=O)O.O=C(OCCS(=O)(=O)O)c1c(F)cccc1I.O=C(OCCS(=O)(=O)O)c1cc(I)ccc1Br.O=C(OCCS(=O)(=O)O)c1cc(I)ccc1Cl.O=C(OCCS(=O)(=O)O)c1cc(I)ccc1F.O=C(OCCS(=O)(=O)O)c1ccc(I)c(O)c1.O=C(OCCS(=O)(=O)O)c1ccc(I)cc1Cl. The summed E-state index contributed by atoms with van der Waals surface area (Å²) in [6.07, 6.45) is 0. The summed E-state index contributed by atoms with van der Waals surface area (Å²) in [6.45, 7) is -3.54. The lowest BCUT2D eigenvalue weighted by Crippen LogP contribution is -2.16. The molecule has 0 heterocycles. The van der Waals surface area contributed by atoms with Crippen LogP contribution < -0.4 is 11.5 Å². The van der Waals surface area contributed by atoms with Gasteiger partial charge >= 0.3 is 47.8 Å². The molecule has 758 valence electrons. The van der Waals surface area contributed by atoms with E-state index < -0.39 is 233 Å². The van der Waals surface area contributed by atoms with E-state index in [9.17, 15) is 120 Å². The molecule has 0 saturated carbocycles. The molecule has 8 aromatic carbocycles. The molecule has 0 aliphatic heterocycles. The quantitative estimate of drug-likeness (QED) is 0.00613. The molecule has 0 amide bonds. The molecule has 43 nitrogen and oxygen atoms in total. The third-order valence-electron chi connectivity index (χ3n) is 14.1. The Morgan fingerprint density at radius 1 is 0.299 bits per heavy atom. The molecule has 8 aromatic rings. The van der Waals surface area contributed by atoms with Crippen molar-refractivity contribution in [3.63, 3.8) is 0 Å². The number of hydrogen-bond donors (Lipinski definition) is 11. The van der Waals surface area contributed by atoms with Gasteiger partial charge in [-0.15, -0.1) is 0 Å². The number of rotatable bonds is 32. The zero-order valence-electron chi connectivity index (χ0n) is 67.9. The molecular weight excluding hydrogens is 3140 g/mol. The van der Waals surface area contributed by atoms with Gasteiger partial charge in [0.05, 0.1) is 58.2 Å². The van der Waals surface area contributed by atoms with Crippen LogP contribution in [-0.4, -0.2) is 256 Å². The van der Waals surface area contributed by atoms with Gasteiger partial charge in [-0.05, 0) is 353 Å². The number of halogens is 14. The smallest absolute Gasteiger partial charge is 0.342 e. The van der Waals surface area contributed by atoms with Gasteiger partial charge in [0.25, 0.3) is 80.9 Å². The van der Waals surface area contributed by atoms with Gasteiger partial charge in [-0.25, -0.2) is 47.1 Å². The number of carbonyl (C=O) groups excluding carboxylic acids is 8. The summed E-state index contributed by atoms with van der Waals surface area (Å²) in [5.41, 5.74) is 12.4. The molecule has 0 spiro atoms. The Hall–Kier alpha value is -4.31. The van der Waals surface area contributed by atoms with Gasteiger partial charge < -0.3 is 54.5 Å². The molecule has 0 atom stereocenters. The Kier molecular flexibility index (Phi) is 59.6. The number of carbonyl (C=O) groups is 8. The van der Waals surface area contributed by atoms with E-state index in [4.69, 9.17) is 80.6 Å². The Morgan fingerprint density at radius 3 is 1.01 bits per heavy atom. The van der Waals surface area contributed by atoms with Crippen molar-refractivity contribution in [1.29, 1.82) is 0 Å². The Labute approximate surface area is 921 Å².